The molecule has 7 aliphatic rings. The molecule has 10 atom stereocenters. The van der Waals surface area contributed by atoms with Gasteiger partial charge in [0.25, 0.3) is 5.91 Å². The van der Waals surface area contributed by atoms with Crippen molar-refractivity contribution in [3.63, 3.8) is 0 Å². The molecule has 1 amide bonds. The maximum absolute atomic E-state index is 12.8. The van der Waals surface area contributed by atoms with E-state index in [1.54, 1.807) is 12.1 Å². The van der Waals surface area contributed by atoms with Crippen molar-refractivity contribution in [2.75, 3.05) is 44.3 Å². The number of hydrogen-bond donors (Lipinski definition) is 3. The van der Waals surface area contributed by atoms with Crippen molar-refractivity contribution in [3.05, 3.63) is 59.3 Å². The van der Waals surface area contributed by atoms with Gasteiger partial charge in [0.2, 0.25) is 5.88 Å². The summed E-state index contributed by atoms with van der Waals surface area (Å²) in [4.78, 5) is 31.0. The number of carbonyl (C=O) groups excluding carboxylic acids is 1. The minimum atomic E-state index is -2.88. The highest BCUT2D eigenvalue weighted by molar-refractivity contribution is 7.91. The minimum Gasteiger partial charge on any atom is -0.481 e. The summed E-state index contributed by atoms with van der Waals surface area (Å²) in [6.45, 7) is 22.9. The topological polar surface area (TPSA) is 152 Å². The Morgan fingerprint density at radius 3 is 2.37 bits per heavy atom. The Balaban J connectivity index is 1.000. The van der Waals surface area contributed by atoms with E-state index in [2.05, 4.69) is 75.5 Å². The van der Waals surface area contributed by atoms with E-state index in [0.29, 0.717) is 61.9 Å². The van der Waals surface area contributed by atoms with E-state index in [4.69, 9.17) is 10.5 Å². The summed E-state index contributed by atoms with van der Waals surface area (Å²) in [7, 11) is -2.88. The van der Waals surface area contributed by atoms with Crippen molar-refractivity contribution >= 4 is 21.7 Å². The lowest BCUT2D eigenvalue weighted by Crippen LogP contribution is -2.68. The van der Waals surface area contributed by atoms with Crippen LogP contribution in [0.3, 0.4) is 0 Å². The number of amides is 1. The summed E-state index contributed by atoms with van der Waals surface area (Å²) in [5.41, 5.74) is 9.21. The Kier molecular flexibility index (Phi) is 11.2. The van der Waals surface area contributed by atoms with Gasteiger partial charge in [0.05, 0.1) is 11.5 Å². The van der Waals surface area contributed by atoms with E-state index in [0.717, 1.165) is 19.5 Å². The highest BCUT2D eigenvalue weighted by atomic mass is 32.2. The third kappa shape index (κ3) is 7.03. The van der Waals surface area contributed by atoms with E-state index < -0.39 is 27.1 Å². The molecule has 4 N–H and O–H groups in total. The van der Waals surface area contributed by atoms with Crippen LogP contribution in [0.5, 0.6) is 5.88 Å². The SMILES string of the molecule is C=C(C)[C@@H]1CC[C@]2(NCCN3CCS(=O)(=O)CC3)CC[C@]3(C)[C@H](CCC4[C@@]5(C)CC=C(C6=CCC(COc7cccc(C(N)=O)n7)(C(=O)O)CC6)C(C)(C)C5CC[C@]43C)[C@@H]12. The number of sulfone groups is 1. The number of rotatable bonds is 11. The van der Waals surface area contributed by atoms with Gasteiger partial charge in [-0.1, -0.05) is 65.0 Å². The third-order valence-electron chi connectivity index (χ3n) is 18.9. The number of nitrogens with zero attached hydrogens (tertiary/aromatic N) is 2. The Bertz CT molecular complexity index is 2070. The minimum absolute atomic E-state index is 0.0253. The molecule has 0 spiro atoms. The summed E-state index contributed by atoms with van der Waals surface area (Å²) in [5.74, 6) is 2.16. The van der Waals surface area contributed by atoms with Crippen LogP contribution in [0.1, 0.15) is 129 Å². The fourth-order valence-corrected chi connectivity index (χ4v) is 16.7. The first-order valence-electron chi connectivity index (χ1n) is 23.1. The smallest absolute Gasteiger partial charge is 0.313 e. The maximum Gasteiger partial charge on any atom is 0.313 e. The Hall–Kier alpha value is -3.02. The maximum atomic E-state index is 12.8. The molecule has 0 bridgehead atoms. The van der Waals surface area contributed by atoms with Crippen molar-refractivity contribution < 1.29 is 27.9 Å². The van der Waals surface area contributed by atoms with Crippen molar-refractivity contribution in [2.24, 2.45) is 62.4 Å². The first-order chi connectivity index (χ1) is 28.2. The second kappa shape index (κ2) is 15.4. The first-order valence-corrected chi connectivity index (χ1v) is 24.9. The predicted octanol–water partition coefficient (Wildman–Crippen LogP) is 8.01. The fourth-order valence-electron chi connectivity index (χ4n) is 15.4. The zero-order valence-electron chi connectivity index (χ0n) is 37.3. The highest BCUT2D eigenvalue weighted by Gasteiger charge is 2.70. The van der Waals surface area contributed by atoms with Gasteiger partial charge in [-0.25, -0.2) is 13.4 Å². The lowest BCUT2D eigenvalue weighted by molar-refractivity contribution is -0.221. The number of fused-ring (bicyclic) bond motifs is 7. The van der Waals surface area contributed by atoms with Crippen molar-refractivity contribution in [3.8, 4) is 5.88 Å². The Labute approximate surface area is 359 Å². The number of hydrogen-bond acceptors (Lipinski definition) is 8. The molecule has 0 radical (unpaired) electrons. The molecule has 3 unspecified atom stereocenters. The van der Waals surface area contributed by atoms with E-state index in [-0.39, 0.29) is 56.9 Å². The Morgan fingerprint density at radius 1 is 0.950 bits per heavy atom. The number of aliphatic carboxylic acids is 1. The van der Waals surface area contributed by atoms with Gasteiger partial charge in [-0.3, -0.25) is 9.59 Å². The van der Waals surface area contributed by atoms with Gasteiger partial charge in [0, 0.05) is 37.8 Å². The number of nitrogens with two attached hydrogens (primary N) is 1. The number of pyridine rings is 1. The van der Waals surface area contributed by atoms with Crippen LogP contribution in [-0.2, 0) is 14.6 Å². The largest absolute Gasteiger partial charge is 0.481 e. The van der Waals surface area contributed by atoms with Crippen LogP contribution in [0.4, 0.5) is 0 Å². The molecule has 6 aliphatic carbocycles. The quantitative estimate of drug-likeness (QED) is 0.188. The summed E-state index contributed by atoms with van der Waals surface area (Å²) < 4.78 is 30.1. The fraction of sp³-hybridized carbons (Fsp3) is 0.735. The molecule has 10 nitrogen and oxygen atoms in total. The van der Waals surface area contributed by atoms with Gasteiger partial charge >= 0.3 is 5.97 Å². The molecule has 4 saturated carbocycles. The number of carboxylic acids is 1. The average Bonchev–Trinajstić information content (AvgIpc) is 3.58. The number of allylic oxidation sites excluding steroid dienone is 5. The van der Waals surface area contributed by atoms with Crippen LogP contribution in [0, 0.1) is 56.7 Å². The second-order valence-corrected chi connectivity index (χ2v) is 24.1. The highest BCUT2D eigenvalue weighted by Crippen LogP contribution is 2.76. The van der Waals surface area contributed by atoms with E-state index >= 15 is 0 Å². The van der Waals surface area contributed by atoms with Gasteiger partial charge in [-0.15, -0.1) is 0 Å². The van der Waals surface area contributed by atoms with E-state index in [1.165, 1.54) is 74.2 Å². The lowest BCUT2D eigenvalue weighted by atomic mass is 9.33. The molecule has 1 aromatic heterocycles. The van der Waals surface area contributed by atoms with E-state index in [9.17, 15) is 23.1 Å². The molecular weight excluding hydrogens is 773 g/mol. The molecule has 1 saturated heterocycles. The number of aromatic nitrogens is 1. The first kappa shape index (κ1) is 43.6. The molecular formula is C49H72N4O6S. The van der Waals surface area contributed by atoms with Crippen LogP contribution in [0.25, 0.3) is 0 Å². The average molecular weight is 845 g/mol. The van der Waals surface area contributed by atoms with Crippen LogP contribution in [-0.4, -0.2) is 85.1 Å². The van der Waals surface area contributed by atoms with E-state index in [1.807, 2.05) is 0 Å². The monoisotopic (exact) mass is 845 g/mol. The number of carbonyl (C=O) groups is 2. The Morgan fingerprint density at radius 2 is 1.70 bits per heavy atom. The molecule has 1 aromatic rings. The second-order valence-electron chi connectivity index (χ2n) is 21.8. The number of nitrogens with one attached hydrogen (secondary N) is 1. The standard InChI is InChI=1S/C49H72N4O6S/c1-32(2)34-15-22-49(51-25-26-53-27-29-60(57,58)30-28-53)24-23-46(6)36(41(34)49)11-12-39-45(5)18-16-35(44(3,4)38(45)17-19-47(39,46)7)33-13-20-48(21-14-33,43(55)56)31-59-40-10-8-9-37(52-40)42(50)54/h8-10,13,16,34,36,38-39,41,51H,1,11-12,14-15,17-31H2,2-7H3,(H2,50,54)(H,55,56)/t34-,36+,38?,39?,41+,45-,46+,47+,48?,49-/m0/s1. The van der Waals surface area contributed by atoms with Gasteiger partial charge < -0.3 is 25.8 Å². The van der Waals surface area contributed by atoms with Crippen molar-refractivity contribution in [1.29, 1.82) is 0 Å². The third-order valence-corrected chi connectivity index (χ3v) is 20.5. The molecule has 11 heteroatoms. The molecule has 0 aromatic carbocycles. The van der Waals surface area contributed by atoms with Gasteiger partial charge in [0.15, 0.2) is 9.84 Å². The molecule has 330 valence electrons. The van der Waals surface area contributed by atoms with Gasteiger partial charge in [-0.05, 0) is 152 Å². The zero-order chi connectivity index (χ0) is 43.1. The number of carboxylic acid groups (broad SMARTS) is 1. The molecule has 2 heterocycles. The normalized spacial score (nSPS) is 40.7. The van der Waals surface area contributed by atoms with Crippen LogP contribution >= 0.6 is 0 Å². The summed E-state index contributed by atoms with van der Waals surface area (Å²) in [6.07, 6.45) is 17.2. The zero-order valence-corrected chi connectivity index (χ0v) is 38.1. The van der Waals surface area contributed by atoms with Crippen LogP contribution in [0.15, 0.2) is 53.6 Å². The predicted molar refractivity (Wildman–Crippen MR) is 236 cm³/mol. The number of ether oxygens (including phenoxy) is 1. The van der Waals surface area contributed by atoms with Crippen molar-refractivity contribution in [1.82, 2.24) is 15.2 Å². The molecule has 1 aliphatic heterocycles. The summed E-state index contributed by atoms with van der Waals surface area (Å²) in [6, 6.07) is 4.79. The summed E-state index contributed by atoms with van der Waals surface area (Å²) in [5, 5.41) is 14.7. The van der Waals surface area contributed by atoms with Crippen LogP contribution < -0.4 is 15.8 Å². The van der Waals surface area contributed by atoms with Crippen LogP contribution in [0.2, 0.25) is 0 Å². The van der Waals surface area contributed by atoms with Gasteiger partial charge in [0.1, 0.15) is 17.7 Å². The van der Waals surface area contributed by atoms with Gasteiger partial charge in [-0.2, -0.15) is 0 Å². The molecule has 8 rings (SSSR count). The molecule has 60 heavy (non-hydrogen) atoms. The molecule has 5 fully saturated rings. The lowest BCUT2D eigenvalue weighted by Gasteiger charge is -2.72. The number of primary amides is 1. The van der Waals surface area contributed by atoms with Crippen molar-refractivity contribution in [2.45, 2.75) is 124 Å². The summed E-state index contributed by atoms with van der Waals surface area (Å²) >= 11 is 0.